The number of nitrogen functional groups attached to an aromatic ring is 1. The number of benzene rings is 2. The number of aryl methyl sites for hydroxylation is 1. The van der Waals surface area contributed by atoms with Gasteiger partial charge in [0, 0.05) is 12.2 Å². The summed E-state index contributed by atoms with van der Waals surface area (Å²) in [7, 11) is 2.19. The van der Waals surface area contributed by atoms with Crippen LogP contribution >= 0.6 is 0 Å². The van der Waals surface area contributed by atoms with Crippen molar-refractivity contribution in [1.82, 2.24) is 4.90 Å². The normalized spacial score (nSPS) is 12.6. The summed E-state index contributed by atoms with van der Waals surface area (Å²) in [6.07, 6.45) is 1.16. The van der Waals surface area contributed by atoms with Gasteiger partial charge in [-0.15, -0.1) is 0 Å². The summed E-state index contributed by atoms with van der Waals surface area (Å²) in [6, 6.07) is 17.0. The molecule has 1 unspecified atom stereocenters. The topological polar surface area (TPSA) is 29.3 Å². The first kappa shape index (κ1) is 15.6. The van der Waals surface area contributed by atoms with Crippen LogP contribution in [0.1, 0.15) is 36.0 Å². The lowest BCUT2D eigenvalue weighted by atomic mass is 9.97. The maximum Gasteiger partial charge on any atom is 0.0314 e. The van der Waals surface area contributed by atoms with Crippen LogP contribution in [0, 0.1) is 6.92 Å². The van der Waals surface area contributed by atoms with Gasteiger partial charge >= 0.3 is 0 Å². The summed E-state index contributed by atoms with van der Waals surface area (Å²) in [5, 5.41) is 0. The molecule has 0 bridgehead atoms. The highest BCUT2D eigenvalue weighted by Crippen LogP contribution is 2.20. The van der Waals surface area contributed by atoms with Crippen LogP contribution in [0.2, 0.25) is 0 Å². The van der Waals surface area contributed by atoms with E-state index in [0.717, 1.165) is 25.2 Å². The van der Waals surface area contributed by atoms with Gasteiger partial charge in [0.25, 0.3) is 0 Å². The predicted molar refractivity (Wildman–Crippen MR) is 91.4 cm³/mol. The fourth-order valence-corrected chi connectivity index (χ4v) is 2.61. The van der Waals surface area contributed by atoms with E-state index in [0.29, 0.717) is 5.92 Å². The van der Waals surface area contributed by atoms with Crippen LogP contribution in [0.4, 0.5) is 5.69 Å². The van der Waals surface area contributed by atoms with E-state index in [1.807, 2.05) is 12.1 Å². The smallest absolute Gasteiger partial charge is 0.0314 e. The number of nitrogens with two attached hydrogens (primary N) is 1. The Kier molecular flexibility index (Phi) is 5.40. The molecule has 0 spiro atoms. The molecule has 2 rings (SSSR count). The van der Waals surface area contributed by atoms with E-state index in [2.05, 4.69) is 62.2 Å². The molecule has 0 aromatic heterocycles. The quantitative estimate of drug-likeness (QED) is 0.804. The van der Waals surface area contributed by atoms with E-state index in [1.165, 1.54) is 16.7 Å². The average molecular weight is 282 g/mol. The number of nitrogens with zero attached hydrogens (tertiary/aromatic N) is 1. The molecule has 1 atom stereocenters. The van der Waals surface area contributed by atoms with Crippen LogP contribution in [-0.2, 0) is 6.54 Å². The van der Waals surface area contributed by atoms with Gasteiger partial charge in [-0.2, -0.15) is 0 Å². The van der Waals surface area contributed by atoms with Gasteiger partial charge in [-0.1, -0.05) is 48.9 Å². The number of hydrogen-bond donors (Lipinski definition) is 1. The third-order valence-electron chi connectivity index (χ3n) is 3.98. The molecule has 0 amide bonds. The maximum atomic E-state index is 5.74. The first-order valence-electron chi connectivity index (χ1n) is 7.64. The Hall–Kier alpha value is -1.80. The van der Waals surface area contributed by atoms with Gasteiger partial charge in [0.05, 0.1) is 0 Å². The van der Waals surface area contributed by atoms with E-state index in [9.17, 15) is 0 Å². The molecule has 2 aromatic rings. The predicted octanol–water partition coefficient (Wildman–Crippen LogP) is 4.20. The van der Waals surface area contributed by atoms with Crippen molar-refractivity contribution in [2.24, 2.45) is 0 Å². The van der Waals surface area contributed by atoms with Crippen LogP contribution in [-0.4, -0.2) is 18.5 Å². The molecule has 2 heteroatoms. The van der Waals surface area contributed by atoms with Gasteiger partial charge in [-0.25, -0.2) is 0 Å². The number of anilines is 1. The largest absolute Gasteiger partial charge is 0.399 e. The molecule has 0 heterocycles. The molecule has 2 N–H and O–H groups in total. The Morgan fingerprint density at radius 2 is 1.81 bits per heavy atom. The lowest BCUT2D eigenvalue weighted by molar-refractivity contribution is 0.313. The van der Waals surface area contributed by atoms with Crippen molar-refractivity contribution >= 4 is 5.69 Å². The molecular formula is C19H26N2. The fraction of sp³-hybridized carbons (Fsp3) is 0.368. The average Bonchev–Trinajstić information content (AvgIpc) is 2.45. The monoisotopic (exact) mass is 282 g/mol. The molecule has 2 aromatic carbocycles. The van der Waals surface area contributed by atoms with E-state index in [4.69, 9.17) is 5.73 Å². The standard InChI is InChI=1S/C19H26N2/c1-15-5-4-6-17(13-15)14-21(3)12-11-16(2)18-7-9-19(20)10-8-18/h4-10,13,16H,11-12,14,20H2,1-3H3. The van der Waals surface area contributed by atoms with Crippen molar-refractivity contribution in [2.45, 2.75) is 32.7 Å². The van der Waals surface area contributed by atoms with Gasteiger partial charge in [0.1, 0.15) is 0 Å². The van der Waals surface area contributed by atoms with Gasteiger partial charge in [0.15, 0.2) is 0 Å². The molecule has 0 radical (unpaired) electrons. The Bertz CT molecular complexity index is 560. The third-order valence-corrected chi connectivity index (χ3v) is 3.98. The summed E-state index contributed by atoms with van der Waals surface area (Å²) in [5.41, 5.74) is 10.7. The second-order valence-corrected chi connectivity index (χ2v) is 6.08. The summed E-state index contributed by atoms with van der Waals surface area (Å²) < 4.78 is 0. The van der Waals surface area contributed by atoms with Crippen molar-refractivity contribution in [3.8, 4) is 0 Å². The minimum atomic E-state index is 0.561. The molecule has 21 heavy (non-hydrogen) atoms. The first-order chi connectivity index (χ1) is 10.0. The lowest BCUT2D eigenvalue weighted by Gasteiger charge is -2.20. The molecule has 0 saturated heterocycles. The zero-order valence-electron chi connectivity index (χ0n) is 13.3. The van der Waals surface area contributed by atoms with Crippen LogP contribution in [0.5, 0.6) is 0 Å². The second kappa shape index (κ2) is 7.28. The molecule has 0 aliphatic rings. The first-order valence-corrected chi connectivity index (χ1v) is 7.64. The molecule has 0 aliphatic heterocycles. The fourth-order valence-electron chi connectivity index (χ4n) is 2.61. The highest BCUT2D eigenvalue weighted by Gasteiger charge is 2.07. The van der Waals surface area contributed by atoms with Crippen molar-refractivity contribution in [2.75, 3.05) is 19.3 Å². The third kappa shape index (κ3) is 4.91. The molecule has 0 saturated carbocycles. The molecule has 0 fully saturated rings. The van der Waals surface area contributed by atoms with Crippen LogP contribution in [0.15, 0.2) is 48.5 Å². The van der Waals surface area contributed by atoms with Crippen LogP contribution < -0.4 is 5.73 Å². The van der Waals surface area contributed by atoms with Crippen molar-refractivity contribution in [1.29, 1.82) is 0 Å². The number of hydrogen-bond acceptors (Lipinski definition) is 2. The summed E-state index contributed by atoms with van der Waals surface area (Å²) >= 11 is 0. The van der Waals surface area contributed by atoms with Gasteiger partial charge in [0.2, 0.25) is 0 Å². The molecule has 2 nitrogen and oxygen atoms in total. The second-order valence-electron chi connectivity index (χ2n) is 6.08. The zero-order valence-corrected chi connectivity index (χ0v) is 13.3. The van der Waals surface area contributed by atoms with E-state index in [1.54, 1.807) is 0 Å². The van der Waals surface area contributed by atoms with Gasteiger partial charge in [-0.05, 0) is 56.1 Å². The molecular weight excluding hydrogens is 256 g/mol. The minimum absolute atomic E-state index is 0.561. The highest BCUT2D eigenvalue weighted by molar-refractivity contribution is 5.40. The Morgan fingerprint density at radius 3 is 2.48 bits per heavy atom. The Balaban J connectivity index is 1.83. The van der Waals surface area contributed by atoms with E-state index in [-0.39, 0.29) is 0 Å². The minimum Gasteiger partial charge on any atom is -0.399 e. The SMILES string of the molecule is Cc1cccc(CN(C)CCC(C)c2ccc(N)cc2)c1. The van der Waals surface area contributed by atoms with Crippen LogP contribution in [0.25, 0.3) is 0 Å². The number of rotatable bonds is 6. The molecule has 112 valence electrons. The summed E-state index contributed by atoms with van der Waals surface area (Å²) in [4.78, 5) is 2.39. The summed E-state index contributed by atoms with van der Waals surface area (Å²) in [6.45, 7) is 6.54. The highest BCUT2D eigenvalue weighted by atomic mass is 15.1. The van der Waals surface area contributed by atoms with Crippen molar-refractivity contribution in [3.63, 3.8) is 0 Å². The Labute approximate surface area is 128 Å². The van der Waals surface area contributed by atoms with Gasteiger partial charge < -0.3 is 10.6 Å². The maximum absolute atomic E-state index is 5.74. The lowest BCUT2D eigenvalue weighted by Crippen LogP contribution is -2.20. The van der Waals surface area contributed by atoms with Crippen molar-refractivity contribution < 1.29 is 0 Å². The zero-order chi connectivity index (χ0) is 15.2. The van der Waals surface area contributed by atoms with E-state index < -0.39 is 0 Å². The summed E-state index contributed by atoms with van der Waals surface area (Å²) in [5.74, 6) is 0.561. The van der Waals surface area contributed by atoms with Crippen molar-refractivity contribution in [3.05, 3.63) is 65.2 Å². The van der Waals surface area contributed by atoms with Crippen LogP contribution in [0.3, 0.4) is 0 Å². The Morgan fingerprint density at radius 1 is 1.10 bits per heavy atom. The molecule has 0 aliphatic carbocycles. The van der Waals surface area contributed by atoms with E-state index >= 15 is 0 Å². The van der Waals surface area contributed by atoms with Gasteiger partial charge in [-0.3, -0.25) is 0 Å².